The summed E-state index contributed by atoms with van der Waals surface area (Å²) in [5.41, 5.74) is 3.51. The number of rotatable bonds is 12. The minimum Gasteiger partial charge on any atom is -0.352 e. The Kier molecular flexibility index (Phi) is 11.8. The zero-order chi connectivity index (χ0) is 34.3. The number of halogens is 2. The number of benzene rings is 4. The molecule has 0 aromatic heterocycles. The van der Waals surface area contributed by atoms with Gasteiger partial charge in [-0.25, -0.2) is 8.42 Å². The minimum absolute atomic E-state index is 0.00539. The topological polar surface area (TPSA) is 86.8 Å². The van der Waals surface area contributed by atoms with Crippen molar-refractivity contribution in [2.45, 2.75) is 75.9 Å². The number of nitrogens with zero attached hydrogens (tertiary/aromatic N) is 2. The summed E-state index contributed by atoms with van der Waals surface area (Å²) >= 11 is 12.9. The van der Waals surface area contributed by atoms with E-state index in [1.165, 1.54) is 17.0 Å². The first-order valence-electron chi connectivity index (χ1n) is 16.2. The van der Waals surface area contributed by atoms with Gasteiger partial charge in [-0.05, 0) is 85.3 Å². The van der Waals surface area contributed by atoms with Crippen molar-refractivity contribution in [3.63, 3.8) is 0 Å². The van der Waals surface area contributed by atoms with Crippen LogP contribution in [0.25, 0.3) is 0 Å². The maximum atomic E-state index is 14.8. The van der Waals surface area contributed by atoms with Gasteiger partial charge in [-0.2, -0.15) is 0 Å². The molecule has 1 aliphatic rings. The highest BCUT2D eigenvalue weighted by Gasteiger charge is 2.35. The van der Waals surface area contributed by atoms with Gasteiger partial charge in [0.2, 0.25) is 11.8 Å². The second-order valence-corrected chi connectivity index (χ2v) is 15.2. The number of carbonyl (C=O) groups is 2. The summed E-state index contributed by atoms with van der Waals surface area (Å²) < 4.78 is 29.7. The Bertz CT molecular complexity index is 1810. The average molecular weight is 707 g/mol. The molecule has 0 heterocycles. The molecule has 0 spiro atoms. The van der Waals surface area contributed by atoms with Crippen LogP contribution in [0, 0.1) is 13.8 Å². The third kappa shape index (κ3) is 8.98. The third-order valence-corrected chi connectivity index (χ3v) is 11.1. The van der Waals surface area contributed by atoms with E-state index in [-0.39, 0.29) is 29.8 Å². The number of aryl methyl sites for hydroxylation is 2. The van der Waals surface area contributed by atoms with Crippen molar-refractivity contribution in [2.75, 3.05) is 10.8 Å². The summed E-state index contributed by atoms with van der Waals surface area (Å²) in [6.07, 6.45) is 5.15. The second-order valence-electron chi connectivity index (χ2n) is 12.5. The molecule has 0 bridgehead atoms. The van der Waals surface area contributed by atoms with Crippen LogP contribution in [0.1, 0.15) is 54.4 Å². The van der Waals surface area contributed by atoms with E-state index in [1.807, 2.05) is 50.2 Å². The molecule has 48 heavy (non-hydrogen) atoms. The normalized spacial score (nSPS) is 14.2. The number of anilines is 1. The van der Waals surface area contributed by atoms with Gasteiger partial charge in [0.15, 0.2) is 0 Å². The van der Waals surface area contributed by atoms with Gasteiger partial charge in [-0.15, -0.1) is 0 Å². The molecule has 0 saturated heterocycles. The third-order valence-electron chi connectivity index (χ3n) is 8.68. The number of carbonyl (C=O) groups excluding carboxylic acids is 2. The van der Waals surface area contributed by atoms with E-state index in [2.05, 4.69) is 5.32 Å². The highest BCUT2D eigenvalue weighted by Crippen LogP contribution is 2.29. The van der Waals surface area contributed by atoms with Crippen LogP contribution in [0.3, 0.4) is 0 Å². The standard InChI is InChI=1S/C38H41Cl2N3O4S/c1-27-20-28(2)22-33(21-27)43(48(46,47)34-16-10-5-11-17-34)26-37(44)42(25-30-18-19-31(39)24-35(30)40)36(23-29-12-6-3-7-13-29)38(45)41-32-14-8-4-9-15-32/h3,5-7,10-13,16-22,24,32,36H,4,8-9,14-15,23,25-26H2,1-2H3,(H,41,45). The highest BCUT2D eigenvalue weighted by molar-refractivity contribution is 7.92. The first kappa shape index (κ1) is 35.5. The van der Waals surface area contributed by atoms with Crippen LogP contribution in [0.15, 0.2) is 102 Å². The van der Waals surface area contributed by atoms with Crippen LogP contribution < -0.4 is 9.62 Å². The quantitative estimate of drug-likeness (QED) is 0.162. The summed E-state index contributed by atoms with van der Waals surface area (Å²) in [6.45, 7) is 3.20. The van der Waals surface area contributed by atoms with Gasteiger partial charge in [-0.1, -0.05) is 103 Å². The van der Waals surface area contributed by atoms with Crippen molar-refractivity contribution < 1.29 is 18.0 Å². The van der Waals surface area contributed by atoms with Crippen molar-refractivity contribution in [2.24, 2.45) is 0 Å². The fourth-order valence-electron chi connectivity index (χ4n) is 6.27. The van der Waals surface area contributed by atoms with Crippen LogP contribution >= 0.6 is 23.2 Å². The molecule has 5 rings (SSSR count). The Morgan fingerprint density at radius 2 is 1.46 bits per heavy atom. The molecule has 7 nitrogen and oxygen atoms in total. The number of hydrogen-bond acceptors (Lipinski definition) is 4. The van der Waals surface area contributed by atoms with Crippen LogP contribution in [0.5, 0.6) is 0 Å². The average Bonchev–Trinajstić information content (AvgIpc) is 3.06. The molecule has 4 aromatic carbocycles. The zero-order valence-corrected chi connectivity index (χ0v) is 29.6. The van der Waals surface area contributed by atoms with E-state index in [0.717, 1.165) is 53.1 Å². The van der Waals surface area contributed by atoms with E-state index in [1.54, 1.807) is 48.5 Å². The molecule has 0 radical (unpaired) electrons. The minimum atomic E-state index is -4.19. The Labute approximate surface area is 293 Å². The van der Waals surface area contributed by atoms with E-state index >= 15 is 0 Å². The van der Waals surface area contributed by atoms with Crippen molar-refractivity contribution in [1.29, 1.82) is 0 Å². The van der Waals surface area contributed by atoms with Gasteiger partial charge < -0.3 is 10.2 Å². The van der Waals surface area contributed by atoms with Gasteiger partial charge in [0, 0.05) is 29.1 Å². The number of hydrogen-bond donors (Lipinski definition) is 1. The first-order chi connectivity index (χ1) is 23.0. The van der Waals surface area contributed by atoms with E-state index in [4.69, 9.17) is 23.2 Å². The molecule has 1 atom stereocenters. The summed E-state index contributed by atoms with van der Waals surface area (Å²) in [7, 11) is -4.19. The van der Waals surface area contributed by atoms with Crippen molar-refractivity contribution in [3.8, 4) is 0 Å². The number of sulfonamides is 1. The predicted octanol–water partition coefficient (Wildman–Crippen LogP) is 7.89. The van der Waals surface area contributed by atoms with Crippen LogP contribution in [0.2, 0.25) is 10.0 Å². The molecule has 2 amide bonds. The highest BCUT2D eigenvalue weighted by atomic mass is 35.5. The zero-order valence-electron chi connectivity index (χ0n) is 27.2. The molecular formula is C38H41Cl2N3O4S. The fraction of sp³-hybridized carbons (Fsp3) is 0.316. The lowest BCUT2D eigenvalue weighted by Gasteiger charge is -2.35. The van der Waals surface area contributed by atoms with Crippen molar-refractivity contribution in [3.05, 3.63) is 129 Å². The van der Waals surface area contributed by atoms with Crippen LogP contribution in [-0.2, 0) is 32.6 Å². The van der Waals surface area contributed by atoms with E-state index in [9.17, 15) is 18.0 Å². The fourth-order valence-corrected chi connectivity index (χ4v) is 8.16. The maximum absolute atomic E-state index is 14.8. The summed E-state index contributed by atoms with van der Waals surface area (Å²) in [6, 6.07) is 27.1. The summed E-state index contributed by atoms with van der Waals surface area (Å²) in [4.78, 5) is 30.5. The lowest BCUT2D eigenvalue weighted by atomic mass is 9.94. The van der Waals surface area contributed by atoms with E-state index in [0.29, 0.717) is 21.3 Å². The SMILES string of the molecule is Cc1cc(C)cc(N(CC(=O)N(Cc2ccc(Cl)cc2Cl)C(Cc2ccccc2)C(=O)NC2CCCCC2)S(=O)(=O)c2ccccc2)c1. The lowest BCUT2D eigenvalue weighted by molar-refractivity contribution is -0.140. The summed E-state index contributed by atoms with van der Waals surface area (Å²) in [5, 5.41) is 4.00. The largest absolute Gasteiger partial charge is 0.352 e. The van der Waals surface area contributed by atoms with Crippen molar-refractivity contribution in [1.82, 2.24) is 10.2 Å². The molecule has 1 fully saturated rings. The molecule has 252 valence electrons. The molecule has 1 N–H and O–H groups in total. The van der Waals surface area contributed by atoms with E-state index < -0.39 is 28.5 Å². The van der Waals surface area contributed by atoms with Gasteiger partial charge in [0.1, 0.15) is 12.6 Å². The van der Waals surface area contributed by atoms with Crippen LogP contribution in [-0.4, -0.2) is 43.8 Å². The monoisotopic (exact) mass is 705 g/mol. The smallest absolute Gasteiger partial charge is 0.264 e. The molecule has 10 heteroatoms. The Morgan fingerprint density at radius 3 is 2.08 bits per heavy atom. The molecular weight excluding hydrogens is 665 g/mol. The number of nitrogens with one attached hydrogen (secondary N) is 1. The maximum Gasteiger partial charge on any atom is 0.264 e. The molecule has 4 aromatic rings. The Hall–Kier alpha value is -3.85. The molecule has 1 saturated carbocycles. The van der Waals surface area contributed by atoms with Gasteiger partial charge in [-0.3, -0.25) is 13.9 Å². The molecule has 1 aliphatic carbocycles. The molecule has 0 aliphatic heterocycles. The number of amides is 2. The molecule has 1 unspecified atom stereocenters. The lowest BCUT2D eigenvalue weighted by Crippen LogP contribution is -2.55. The Morgan fingerprint density at radius 1 is 0.833 bits per heavy atom. The van der Waals surface area contributed by atoms with Gasteiger partial charge >= 0.3 is 0 Å². The van der Waals surface area contributed by atoms with Crippen LogP contribution in [0.4, 0.5) is 5.69 Å². The second kappa shape index (κ2) is 16.0. The Balaban J connectivity index is 1.59. The van der Waals surface area contributed by atoms with Gasteiger partial charge in [0.25, 0.3) is 10.0 Å². The first-order valence-corrected chi connectivity index (χ1v) is 18.4. The van der Waals surface area contributed by atoms with Crippen molar-refractivity contribution >= 4 is 50.7 Å². The summed E-state index contributed by atoms with van der Waals surface area (Å²) in [5.74, 6) is -0.826. The predicted molar refractivity (Wildman–Crippen MR) is 193 cm³/mol. The van der Waals surface area contributed by atoms with Gasteiger partial charge in [0.05, 0.1) is 10.6 Å².